The molecule has 3 aromatic carbocycles. The van der Waals surface area contributed by atoms with Gasteiger partial charge in [-0.2, -0.15) is 0 Å². The molecule has 0 unspecified atom stereocenters. The van der Waals surface area contributed by atoms with Crippen LogP contribution in [-0.4, -0.2) is 52.4 Å². The summed E-state index contributed by atoms with van der Waals surface area (Å²) in [5, 5.41) is 0. The highest BCUT2D eigenvalue weighted by molar-refractivity contribution is 7.46. The van der Waals surface area contributed by atoms with Crippen molar-refractivity contribution in [3.63, 3.8) is 0 Å². The molecule has 14 nitrogen and oxygen atoms in total. The number of ether oxygens (including phenoxy) is 4. The van der Waals surface area contributed by atoms with Crippen LogP contribution >= 0.6 is 7.82 Å². The molecule has 46 heavy (non-hydrogen) atoms. The number of hydrogen-bond donors (Lipinski definition) is 5. The van der Waals surface area contributed by atoms with Crippen LogP contribution in [0, 0.1) is 6.92 Å². The lowest BCUT2D eigenvalue weighted by Gasteiger charge is -2.38. The van der Waals surface area contributed by atoms with Gasteiger partial charge in [0.25, 0.3) is 5.56 Å². The lowest BCUT2D eigenvalue weighted by atomic mass is 9.79. The van der Waals surface area contributed by atoms with Gasteiger partial charge in [0.05, 0.1) is 20.8 Å². The predicted molar refractivity (Wildman–Crippen MR) is 170 cm³/mol. The van der Waals surface area contributed by atoms with E-state index in [1.165, 1.54) is 31.9 Å². The van der Waals surface area contributed by atoms with Crippen LogP contribution in [0.2, 0.25) is 0 Å². The first-order valence-corrected chi connectivity index (χ1v) is 15.3. The molecule has 0 saturated carbocycles. The second kappa shape index (κ2) is 15.0. The molecule has 2 heterocycles. The smallest absolute Gasteiger partial charge is 0.469 e. The first-order valence-electron chi connectivity index (χ1n) is 13.8. The molecule has 1 fully saturated rings. The summed E-state index contributed by atoms with van der Waals surface area (Å²) in [6.07, 6.45) is -1.98. The monoisotopic (exact) mass is 658 g/mol. The van der Waals surface area contributed by atoms with Crippen LogP contribution in [-0.2, 0) is 24.2 Å². The number of phosphoric ester groups is 1. The molecule has 0 amide bonds. The Morgan fingerprint density at radius 3 is 2.09 bits per heavy atom. The number of phosphoric acid groups is 1. The normalized spacial score (nSPS) is 17.9. The lowest BCUT2D eigenvalue weighted by Crippen LogP contribution is -2.39. The molecule has 9 N–H and O–H groups in total. The van der Waals surface area contributed by atoms with Gasteiger partial charge in [-0.15, -0.1) is 0 Å². The Hall–Kier alpha value is -4.11. The maximum absolute atomic E-state index is 12.7. The number of methoxy groups -OCH3 is 2. The van der Waals surface area contributed by atoms with E-state index < -0.39 is 43.1 Å². The zero-order chi connectivity index (χ0) is 31.5. The molecule has 1 aliphatic heterocycles. The minimum absolute atomic E-state index is 0. The molecule has 1 aromatic heterocycles. The van der Waals surface area contributed by atoms with E-state index in [1.807, 2.05) is 72.8 Å². The van der Waals surface area contributed by atoms with Gasteiger partial charge in [0.15, 0.2) is 11.5 Å². The molecule has 1 saturated heterocycles. The molecule has 0 bridgehead atoms. The van der Waals surface area contributed by atoms with Crippen molar-refractivity contribution in [2.24, 2.45) is 0 Å². The van der Waals surface area contributed by atoms with Gasteiger partial charge >= 0.3 is 13.5 Å². The SMILES string of the molecule is COc1cccc(C(OC[C@H]2O[C@@H](n3cc(C)c(=O)[nH]c3=O)C[C@@H]2OP(=O)(O)O)(c2ccccc2)c2ccccc2)c1OC.N.N. The summed E-state index contributed by atoms with van der Waals surface area (Å²) >= 11 is 0. The van der Waals surface area contributed by atoms with E-state index in [4.69, 9.17) is 23.5 Å². The molecule has 0 aliphatic carbocycles. The average molecular weight is 659 g/mol. The Kier molecular flexibility index (Phi) is 11.8. The highest BCUT2D eigenvalue weighted by atomic mass is 31.2. The molecule has 5 rings (SSSR count). The minimum Gasteiger partial charge on any atom is -0.493 e. The van der Waals surface area contributed by atoms with Crippen molar-refractivity contribution in [2.45, 2.75) is 37.4 Å². The standard InChI is InChI=1S/C31H33N2O10P.2H3N/c1-20-18-33(30(35)32-29(20)34)27-17-25(43-44(36,37)38)26(42-27)19-41-31(21-11-6-4-7-12-21,22-13-8-5-9-14-22)23-15-10-16-24(39-2)28(23)40-3;;/h4-16,18,25-27H,17,19H2,1-3H3,(H,32,34,35)(H2,36,37,38);2*1H3/t25-,26+,27+;;/m0../s1. The van der Waals surface area contributed by atoms with Gasteiger partial charge in [-0.1, -0.05) is 72.8 Å². The third-order valence-electron chi connectivity index (χ3n) is 7.52. The minimum atomic E-state index is -4.98. The lowest BCUT2D eigenvalue weighted by molar-refractivity contribution is -0.0938. The van der Waals surface area contributed by atoms with Crippen molar-refractivity contribution >= 4 is 7.82 Å². The first-order chi connectivity index (χ1) is 21.1. The van der Waals surface area contributed by atoms with Gasteiger partial charge in [-0.3, -0.25) is 18.9 Å². The van der Waals surface area contributed by atoms with Crippen molar-refractivity contribution in [3.8, 4) is 11.5 Å². The van der Waals surface area contributed by atoms with E-state index in [2.05, 4.69) is 4.98 Å². The number of hydrogen-bond acceptors (Lipinski definition) is 10. The zero-order valence-corrected chi connectivity index (χ0v) is 26.6. The Labute approximate surface area is 265 Å². The molecule has 0 spiro atoms. The maximum atomic E-state index is 12.7. The molecule has 0 radical (unpaired) electrons. The number of para-hydroxylation sites is 1. The fourth-order valence-corrected chi connectivity index (χ4v) is 6.12. The van der Waals surface area contributed by atoms with Crippen molar-refractivity contribution in [2.75, 3.05) is 20.8 Å². The highest BCUT2D eigenvalue weighted by Crippen LogP contribution is 2.49. The number of nitrogens with one attached hydrogen (secondary N) is 1. The third kappa shape index (κ3) is 7.30. The van der Waals surface area contributed by atoms with Gasteiger partial charge in [-0.05, 0) is 24.1 Å². The van der Waals surface area contributed by atoms with E-state index in [0.717, 1.165) is 11.1 Å². The van der Waals surface area contributed by atoms with E-state index in [0.29, 0.717) is 17.1 Å². The van der Waals surface area contributed by atoms with Crippen LogP contribution in [0.5, 0.6) is 11.5 Å². The Morgan fingerprint density at radius 2 is 1.54 bits per heavy atom. The topological polar surface area (TPSA) is 229 Å². The second-order valence-electron chi connectivity index (χ2n) is 10.2. The number of rotatable bonds is 11. The number of aromatic amines is 1. The number of aromatic nitrogens is 2. The Bertz CT molecular complexity index is 1720. The number of benzene rings is 3. The number of H-pyrrole nitrogens is 1. The summed E-state index contributed by atoms with van der Waals surface area (Å²) in [4.78, 5) is 46.3. The predicted octanol–water partition coefficient (Wildman–Crippen LogP) is 3.96. The second-order valence-corrected chi connectivity index (χ2v) is 11.4. The maximum Gasteiger partial charge on any atom is 0.469 e. The van der Waals surface area contributed by atoms with Crippen LogP contribution in [0.3, 0.4) is 0 Å². The fraction of sp³-hybridized carbons (Fsp3) is 0.290. The quantitative estimate of drug-likeness (QED) is 0.114. The van der Waals surface area contributed by atoms with Crippen LogP contribution in [0.25, 0.3) is 0 Å². The summed E-state index contributed by atoms with van der Waals surface area (Å²) in [5.41, 5.74) is -0.286. The van der Waals surface area contributed by atoms with E-state index in [1.54, 1.807) is 6.07 Å². The fourth-order valence-electron chi connectivity index (χ4n) is 5.55. The third-order valence-corrected chi connectivity index (χ3v) is 8.06. The van der Waals surface area contributed by atoms with Gasteiger partial charge < -0.3 is 41.0 Å². The van der Waals surface area contributed by atoms with E-state index >= 15 is 0 Å². The summed E-state index contributed by atoms with van der Waals surface area (Å²) in [6, 6.07) is 24.3. The summed E-state index contributed by atoms with van der Waals surface area (Å²) in [7, 11) is -1.92. The van der Waals surface area contributed by atoms with Crippen LogP contribution in [0.1, 0.15) is 34.9 Å². The highest BCUT2D eigenvalue weighted by Gasteiger charge is 2.46. The summed E-state index contributed by atoms with van der Waals surface area (Å²) < 4.78 is 42.8. The van der Waals surface area contributed by atoms with Crippen molar-refractivity contribution < 1.29 is 37.8 Å². The van der Waals surface area contributed by atoms with Gasteiger partial charge in [0.2, 0.25) is 0 Å². The molecule has 4 aromatic rings. The van der Waals surface area contributed by atoms with Crippen LogP contribution < -0.4 is 33.0 Å². The van der Waals surface area contributed by atoms with Gasteiger partial charge in [-0.25, -0.2) is 9.36 Å². The van der Waals surface area contributed by atoms with E-state index in [-0.39, 0.29) is 30.9 Å². The van der Waals surface area contributed by atoms with Crippen LogP contribution in [0.15, 0.2) is 94.6 Å². The molecular weight excluding hydrogens is 619 g/mol. The van der Waals surface area contributed by atoms with Crippen molar-refractivity contribution in [1.82, 2.24) is 21.9 Å². The Balaban J connectivity index is 0.00000288. The number of aryl methyl sites for hydroxylation is 1. The van der Waals surface area contributed by atoms with Crippen LogP contribution in [0.4, 0.5) is 0 Å². The van der Waals surface area contributed by atoms with E-state index in [9.17, 15) is 23.9 Å². The molecule has 248 valence electrons. The average Bonchev–Trinajstić information content (AvgIpc) is 3.40. The van der Waals surface area contributed by atoms with Crippen molar-refractivity contribution in [1.29, 1.82) is 0 Å². The summed E-state index contributed by atoms with van der Waals surface area (Å²) in [6.45, 7) is 1.30. The Morgan fingerprint density at radius 1 is 0.935 bits per heavy atom. The van der Waals surface area contributed by atoms with Crippen molar-refractivity contribution in [3.05, 3.63) is 128 Å². The first kappa shape index (κ1) is 36.4. The molecule has 1 aliphatic rings. The van der Waals surface area contributed by atoms with Gasteiger partial charge in [0, 0.05) is 23.7 Å². The van der Waals surface area contributed by atoms with Gasteiger partial charge in [0.1, 0.15) is 24.0 Å². The summed E-state index contributed by atoms with van der Waals surface area (Å²) in [5.74, 6) is 0.892. The largest absolute Gasteiger partial charge is 0.493 e. The molecular formula is C31H39N4O10P. The molecule has 3 atom stereocenters. The number of nitrogens with zero attached hydrogens (tertiary/aromatic N) is 1. The molecule has 15 heteroatoms. The zero-order valence-electron chi connectivity index (χ0n) is 25.7.